The van der Waals surface area contributed by atoms with Crippen molar-refractivity contribution in [1.29, 1.82) is 5.26 Å². The zero-order valence-corrected chi connectivity index (χ0v) is 8.87. The van der Waals surface area contributed by atoms with Gasteiger partial charge in [-0.25, -0.2) is 4.98 Å². The van der Waals surface area contributed by atoms with Crippen LogP contribution in [0, 0.1) is 11.3 Å². The van der Waals surface area contributed by atoms with Gasteiger partial charge in [-0.1, -0.05) is 11.6 Å². The summed E-state index contributed by atoms with van der Waals surface area (Å²) in [6.45, 7) is 0. The van der Waals surface area contributed by atoms with Crippen molar-refractivity contribution in [1.82, 2.24) is 4.98 Å². The van der Waals surface area contributed by atoms with Crippen LogP contribution in [-0.4, -0.2) is 21.3 Å². The number of halogens is 4. The van der Waals surface area contributed by atoms with E-state index in [2.05, 4.69) is 4.98 Å². The quantitative estimate of drug-likeness (QED) is 0.630. The van der Waals surface area contributed by atoms with Crippen LogP contribution in [0.15, 0.2) is 12.3 Å². The van der Waals surface area contributed by atoms with Gasteiger partial charge in [0.2, 0.25) is 0 Å². The van der Waals surface area contributed by atoms with Gasteiger partial charge < -0.3 is 10.2 Å². The van der Waals surface area contributed by atoms with Crippen molar-refractivity contribution in [2.45, 2.75) is 18.4 Å². The maximum Gasteiger partial charge on any atom is 0.417 e. The highest BCUT2D eigenvalue weighted by Crippen LogP contribution is 2.33. The Morgan fingerprint density at radius 3 is 2.47 bits per heavy atom. The Hall–Kier alpha value is -1.36. The normalized spacial score (nSPS) is 15.1. The lowest BCUT2D eigenvalue weighted by molar-refractivity contribution is -0.138. The second-order valence-corrected chi connectivity index (χ2v) is 3.48. The number of aromatic nitrogens is 1. The highest BCUT2D eigenvalue weighted by molar-refractivity contribution is 6.30. The molecule has 0 fully saturated rings. The van der Waals surface area contributed by atoms with Crippen molar-refractivity contribution < 1.29 is 23.4 Å². The van der Waals surface area contributed by atoms with E-state index in [9.17, 15) is 18.3 Å². The maximum atomic E-state index is 12.4. The van der Waals surface area contributed by atoms with Gasteiger partial charge in [-0.15, -0.1) is 0 Å². The molecule has 0 aromatic carbocycles. The van der Waals surface area contributed by atoms with E-state index in [-0.39, 0.29) is 0 Å². The number of hydrogen-bond acceptors (Lipinski definition) is 4. The van der Waals surface area contributed by atoms with Gasteiger partial charge in [0.15, 0.2) is 6.10 Å². The number of aliphatic hydroxyl groups is 2. The number of rotatable bonds is 2. The summed E-state index contributed by atoms with van der Waals surface area (Å²) in [5.74, 6) is 0. The second-order valence-electron chi connectivity index (χ2n) is 3.12. The number of nitriles is 1. The highest BCUT2D eigenvalue weighted by atomic mass is 35.5. The fourth-order valence-corrected chi connectivity index (χ4v) is 1.28. The van der Waals surface area contributed by atoms with Crippen LogP contribution < -0.4 is 0 Å². The monoisotopic (exact) mass is 266 g/mol. The van der Waals surface area contributed by atoms with Crippen molar-refractivity contribution in [3.05, 3.63) is 28.5 Å². The van der Waals surface area contributed by atoms with E-state index < -0.39 is 34.7 Å². The topological polar surface area (TPSA) is 77.1 Å². The van der Waals surface area contributed by atoms with Crippen molar-refractivity contribution in [3.8, 4) is 6.07 Å². The van der Waals surface area contributed by atoms with Crippen molar-refractivity contribution in [2.24, 2.45) is 0 Å². The lowest BCUT2D eigenvalue weighted by Gasteiger charge is -2.15. The molecule has 0 saturated heterocycles. The molecule has 0 spiro atoms. The summed E-state index contributed by atoms with van der Waals surface area (Å²) >= 11 is 5.48. The smallest absolute Gasteiger partial charge is 0.384 e. The minimum absolute atomic E-state index is 0.403. The Balaban J connectivity index is 3.21. The van der Waals surface area contributed by atoms with Gasteiger partial charge in [-0.05, 0) is 6.07 Å². The van der Waals surface area contributed by atoms with Crippen molar-refractivity contribution in [2.75, 3.05) is 0 Å². The van der Waals surface area contributed by atoms with E-state index >= 15 is 0 Å². The minimum Gasteiger partial charge on any atom is -0.384 e. The fourth-order valence-electron chi connectivity index (χ4n) is 1.07. The van der Waals surface area contributed by atoms with E-state index in [0.29, 0.717) is 12.3 Å². The zero-order valence-electron chi connectivity index (χ0n) is 8.11. The molecule has 1 aromatic rings. The van der Waals surface area contributed by atoms with E-state index in [1.165, 1.54) is 6.07 Å². The predicted octanol–water partition coefficient (Wildman–Crippen LogP) is 1.67. The van der Waals surface area contributed by atoms with Crippen LogP contribution in [0.1, 0.15) is 17.2 Å². The van der Waals surface area contributed by atoms with Crippen LogP contribution in [0.5, 0.6) is 0 Å². The summed E-state index contributed by atoms with van der Waals surface area (Å²) in [5, 5.41) is 26.4. The maximum absolute atomic E-state index is 12.4. The molecule has 0 saturated carbocycles. The van der Waals surface area contributed by atoms with Crippen LogP contribution in [0.25, 0.3) is 0 Å². The largest absolute Gasteiger partial charge is 0.417 e. The molecular weight excluding hydrogens is 261 g/mol. The molecule has 17 heavy (non-hydrogen) atoms. The molecule has 0 radical (unpaired) electrons. The molecule has 8 heteroatoms. The van der Waals surface area contributed by atoms with Crippen LogP contribution in [0.4, 0.5) is 13.2 Å². The predicted molar refractivity (Wildman–Crippen MR) is 50.8 cm³/mol. The number of alkyl halides is 3. The lowest BCUT2D eigenvalue weighted by Crippen LogP contribution is -2.18. The summed E-state index contributed by atoms with van der Waals surface area (Å²) in [4.78, 5) is 3.25. The van der Waals surface area contributed by atoms with Crippen molar-refractivity contribution >= 4 is 11.6 Å². The summed E-state index contributed by atoms with van der Waals surface area (Å²) < 4.78 is 37.1. The molecule has 1 aromatic heterocycles. The zero-order chi connectivity index (χ0) is 13.2. The summed E-state index contributed by atoms with van der Waals surface area (Å²) in [5.41, 5.74) is -1.57. The van der Waals surface area contributed by atoms with Crippen molar-refractivity contribution in [3.63, 3.8) is 0 Å². The summed E-state index contributed by atoms with van der Waals surface area (Å²) in [6.07, 6.45) is -7.87. The molecule has 1 rings (SSSR count). The van der Waals surface area contributed by atoms with Gasteiger partial charge in [-0.2, -0.15) is 18.4 Å². The standard InChI is InChI=1S/C9H6ClF3N2O2/c10-8-5(7(17)6(16)2-14)1-4(3-15-8)9(11,12)13/h1,3,6-7,16-17H. The van der Waals surface area contributed by atoms with Crippen LogP contribution in [0.3, 0.4) is 0 Å². The molecule has 4 nitrogen and oxygen atoms in total. The van der Waals surface area contributed by atoms with Crippen LogP contribution in [-0.2, 0) is 6.18 Å². The van der Waals surface area contributed by atoms with E-state index in [4.69, 9.17) is 22.0 Å². The Bertz CT molecular complexity index is 459. The molecule has 2 N–H and O–H groups in total. The number of pyridine rings is 1. The molecule has 0 amide bonds. The molecular formula is C9H6ClF3N2O2. The average molecular weight is 267 g/mol. The van der Waals surface area contributed by atoms with Crippen LogP contribution in [0.2, 0.25) is 5.15 Å². The molecule has 2 unspecified atom stereocenters. The van der Waals surface area contributed by atoms with E-state index in [1.54, 1.807) is 0 Å². The third-order valence-electron chi connectivity index (χ3n) is 1.94. The number of aliphatic hydroxyl groups excluding tert-OH is 2. The summed E-state index contributed by atoms with van der Waals surface area (Å²) in [7, 11) is 0. The molecule has 2 atom stereocenters. The fraction of sp³-hybridized carbons (Fsp3) is 0.333. The first kappa shape index (κ1) is 13.7. The Morgan fingerprint density at radius 2 is 2.00 bits per heavy atom. The highest BCUT2D eigenvalue weighted by Gasteiger charge is 2.33. The first-order chi connectivity index (χ1) is 7.77. The third-order valence-corrected chi connectivity index (χ3v) is 2.26. The Labute approximate surface area is 98.9 Å². The minimum atomic E-state index is -4.65. The first-order valence-corrected chi connectivity index (χ1v) is 4.63. The molecule has 0 aliphatic rings. The Morgan fingerprint density at radius 1 is 1.41 bits per heavy atom. The van der Waals surface area contributed by atoms with Crippen LogP contribution >= 0.6 is 11.6 Å². The van der Waals surface area contributed by atoms with E-state index in [0.717, 1.165) is 0 Å². The molecule has 1 heterocycles. The number of nitrogens with zero attached hydrogens (tertiary/aromatic N) is 2. The second kappa shape index (κ2) is 4.87. The molecule has 0 aliphatic carbocycles. The number of hydrogen-bond donors (Lipinski definition) is 2. The SMILES string of the molecule is N#CC(O)C(O)c1cc(C(F)(F)F)cnc1Cl. The summed E-state index contributed by atoms with van der Waals surface area (Å²) in [6, 6.07) is 1.83. The third kappa shape index (κ3) is 3.06. The first-order valence-electron chi connectivity index (χ1n) is 4.25. The van der Waals surface area contributed by atoms with Gasteiger partial charge in [0.05, 0.1) is 11.6 Å². The van der Waals surface area contributed by atoms with Gasteiger partial charge in [0, 0.05) is 11.8 Å². The van der Waals surface area contributed by atoms with Gasteiger partial charge in [0.25, 0.3) is 0 Å². The molecule has 92 valence electrons. The lowest BCUT2D eigenvalue weighted by atomic mass is 10.1. The van der Waals surface area contributed by atoms with Gasteiger partial charge in [-0.3, -0.25) is 0 Å². The molecule has 0 aliphatic heterocycles. The van der Waals surface area contributed by atoms with E-state index in [1.807, 2.05) is 0 Å². The molecule has 0 bridgehead atoms. The Kier molecular flexibility index (Phi) is 3.93. The van der Waals surface area contributed by atoms with Gasteiger partial charge >= 0.3 is 6.18 Å². The van der Waals surface area contributed by atoms with Gasteiger partial charge in [0.1, 0.15) is 11.3 Å². The average Bonchev–Trinajstić information content (AvgIpc) is 2.26.